The van der Waals surface area contributed by atoms with E-state index in [2.05, 4.69) is 52.4 Å². The summed E-state index contributed by atoms with van der Waals surface area (Å²) in [4.78, 5) is 0. The fourth-order valence-corrected chi connectivity index (χ4v) is 4.01. The lowest BCUT2D eigenvalue weighted by atomic mass is 10.1. The maximum atomic E-state index is 6.09. The van der Waals surface area contributed by atoms with Crippen LogP contribution in [0.1, 0.15) is 29.2 Å². The second-order valence-electron chi connectivity index (χ2n) is 7.72. The molecule has 0 heterocycles. The van der Waals surface area contributed by atoms with Crippen LogP contribution in [0.2, 0.25) is 0 Å². The van der Waals surface area contributed by atoms with Crippen LogP contribution in [-0.4, -0.2) is 27.4 Å². The van der Waals surface area contributed by atoms with Gasteiger partial charge in [-0.2, -0.15) is 0 Å². The van der Waals surface area contributed by atoms with Crippen LogP contribution < -0.4 is 24.3 Å². The highest BCUT2D eigenvalue weighted by Crippen LogP contribution is 2.34. The lowest BCUT2D eigenvalue weighted by Gasteiger charge is -2.16. The zero-order chi connectivity index (χ0) is 23.6. The quantitative estimate of drug-likeness (QED) is 0.297. The fraction of sp³-hybridized carbons (Fsp3) is 0.333. The van der Waals surface area contributed by atoms with Crippen molar-refractivity contribution in [3.8, 4) is 23.0 Å². The molecular weight excluding hydrogens is 482 g/mol. The fourth-order valence-electron chi connectivity index (χ4n) is 3.55. The topological polar surface area (TPSA) is 49.0 Å². The molecule has 33 heavy (non-hydrogen) atoms. The van der Waals surface area contributed by atoms with Gasteiger partial charge in [-0.1, -0.05) is 51.8 Å². The number of rotatable bonds is 12. The Morgan fingerprint density at radius 3 is 2.33 bits per heavy atom. The Kier molecular flexibility index (Phi) is 9.46. The van der Waals surface area contributed by atoms with Crippen LogP contribution in [0.4, 0.5) is 0 Å². The predicted octanol–water partition coefficient (Wildman–Crippen LogP) is 6.08. The average molecular weight is 514 g/mol. The molecule has 0 aliphatic heterocycles. The van der Waals surface area contributed by atoms with Crippen molar-refractivity contribution in [3.05, 3.63) is 81.3 Å². The van der Waals surface area contributed by atoms with Gasteiger partial charge in [-0.05, 0) is 67.8 Å². The van der Waals surface area contributed by atoms with Crippen LogP contribution in [-0.2, 0) is 19.6 Å². The molecule has 3 aromatic carbocycles. The molecule has 0 fully saturated rings. The predicted molar refractivity (Wildman–Crippen MR) is 136 cm³/mol. The second-order valence-corrected chi connectivity index (χ2v) is 8.57. The van der Waals surface area contributed by atoms with E-state index in [0.717, 1.165) is 51.6 Å². The first kappa shape index (κ1) is 24.9. The van der Waals surface area contributed by atoms with Crippen LogP contribution in [0.25, 0.3) is 0 Å². The van der Waals surface area contributed by atoms with Crippen molar-refractivity contribution < 1.29 is 18.9 Å². The van der Waals surface area contributed by atoms with Crippen molar-refractivity contribution in [1.29, 1.82) is 0 Å². The van der Waals surface area contributed by atoms with E-state index in [4.69, 9.17) is 18.9 Å². The van der Waals surface area contributed by atoms with Crippen LogP contribution in [0.5, 0.6) is 23.0 Å². The van der Waals surface area contributed by atoms with Crippen LogP contribution >= 0.6 is 15.9 Å². The number of ether oxygens (including phenoxy) is 4. The summed E-state index contributed by atoms with van der Waals surface area (Å²) in [6.45, 7) is 6.68. The zero-order valence-electron chi connectivity index (χ0n) is 19.7. The van der Waals surface area contributed by atoms with E-state index in [1.807, 2.05) is 37.3 Å². The summed E-state index contributed by atoms with van der Waals surface area (Å²) < 4.78 is 23.7. The van der Waals surface area contributed by atoms with Gasteiger partial charge in [-0.25, -0.2) is 0 Å². The zero-order valence-corrected chi connectivity index (χ0v) is 21.3. The highest BCUT2D eigenvalue weighted by Gasteiger charge is 2.12. The minimum absolute atomic E-state index is 0.497. The lowest BCUT2D eigenvalue weighted by molar-refractivity contribution is 0.269. The molecule has 0 aliphatic rings. The lowest BCUT2D eigenvalue weighted by Crippen LogP contribution is -2.17. The number of hydrogen-bond acceptors (Lipinski definition) is 5. The van der Waals surface area contributed by atoms with E-state index in [-0.39, 0.29) is 0 Å². The van der Waals surface area contributed by atoms with Crippen molar-refractivity contribution in [3.63, 3.8) is 0 Å². The molecule has 5 nitrogen and oxygen atoms in total. The molecule has 0 aliphatic carbocycles. The highest BCUT2D eigenvalue weighted by molar-refractivity contribution is 9.10. The van der Waals surface area contributed by atoms with Gasteiger partial charge in [-0.15, -0.1) is 0 Å². The average Bonchev–Trinajstić information content (AvgIpc) is 2.82. The normalized spacial score (nSPS) is 10.7. The highest BCUT2D eigenvalue weighted by atomic mass is 79.9. The summed E-state index contributed by atoms with van der Waals surface area (Å²) >= 11 is 3.70. The Hall–Kier alpha value is -2.70. The Balaban J connectivity index is 1.60. The molecule has 0 saturated heterocycles. The third kappa shape index (κ3) is 7.14. The molecule has 0 bridgehead atoms. The Morgan fingerprint density at radius 2 is 1.61 bits per heavy atom. The standard InChI is InChI=1S/C27H32BrNO4/c1-5-32-26-15-22(17-29-12-11-20-9-10-24(30-3)25(14-20)31-4)23(28)16-27(26)33-18-21-8-6-7-19(2)13-21/h6-10,13-16,29H,5,11-12,17-18H2,1-4H3. The van der Waals surface area contributed by atoms with E-state index in [1.54, 1.807) is 14.2 Å². The molecule has 0 radical (unpaired) electrons. The summed E-state index contributed by atoms with van der Waals surface area (Å²) in [6, 6.07) is 18.4. The SMILES string of the molecule is CCOc1cc(CNCCc2ccc(OC)c(OC)c2)c(Br)cc1OCc1cccc(C)c1. The number of methoxy groups -OCH3 is 2. The van der Waals surface area contributed by atoms with Gasteiger partial charge in [-0.3, -0.25) is 0 Å². The van der Waals surface area contributed by atoms with Crippen LogP contribution in [0.3, 0.4) is 0 Å². The van der Waals surface area contributed by atoms with E-state index in [0.29, 0.717) is 19.8 Å². The molecule has 0 aromatic heterocycles. The smallest absolute Gasteiger partial charge is 0.162 e. The maximum absolute atomic E-state index is 6.09. The molecule has 0 spiro atoms. The van der Waals surface area contributed by atoms with E-state index in [1.165, 1.54) is 11.1 Å². The van der Waals surface area contributed by atoms with Gasteiger partial charge >= 0.3 is 0 Å². The molecule has 3 rings (SSSR count). The molecule has 6 heteroatoms. The number of benzene rings is 3. The van der Waals surface area contributed by atoms with E-state index in [9.17, 15) is 0 Å². The molecule has 176 valence electrons. The summed E-state index contributed by atoms with van der Waals surface area (Å²) in [5.41, 5.74) is 4.66. The summed E-state index contributed by atoms with van der Waals surface area (Å²) in [5.74, 6) is 2.98. The molecule has 0 unspecified atom stereocenters. The molecule has 0 saturated carbocycles. The van der Waals surface area contributed by atoms with Crippen LogP contribution in [0.15, 0.2) is 59.1 Å². The largest absolute Gasteiger partial charge is 0.493 e. The second kappa shape index (κ2) is 12.5. The van der Waals surface area contributed by atoms with Gasteiger partial charge in [0.25, 0.3) is 0 Å². The van der Waals surface area contributed by atoms with Crippen molar-refractivity contribution in [2.45, 2.75) is 33.4 Å². The number of aryl methyl sites for hydroxylation is 1. The third-order valence-electron chi connectivity index (χ3n) is 5.24. The van der Waals surface area contributed by atoms with Gasteiger partial charge in [0.05, 0.1) is 20.8 Å². The molecule has 1 N–H and O–H groups in total. The number of halogens is 1. The van der Waals surface area contributed by atoms with E-state index < -0.39 is 0 Å². The van der Waals surface area contributed by atoms with E-state index >= 15 is 0 Å². The summed E-state index contributed by atoms with van der Waals surface area (Å²) in [7, 11) is 3.30. The summed E-state index contributed by atoms with van der Waals surface area (Å²) in [6.07, 6.45) is 0.883. The molecule has 3 aromatic rings. The minimum Gasteiger partial charge on any atom is -0.493 e. The molecular formula is C27H32BrNO4. The first-order chi connectivity index (χ1) is 16.0. The van der Waals surface area contributed by atoms with Gasteiger partial charge in [0.15, 0.2) is 23.0 Å². The van der Waals surface area contributed by atoms with Crippen molar-refractivity contribution in [2.24, 2.45) is 0 Å². The van der Waals surface area contributed by atoms with Gasteiger partial charge < -0.3 is 24.3 Å². The van der Waals surface area contributed by atoms with Crippen molar-refractivity contribution >= 4 is 15.9 Å². The number of hydrogen-bond donors (Lipinski definition) is 1. The van der Waals surface area contributed by atoms with Crippen molar-refractivity contribution in [2.75, 3.05) is 27.4 Å². The van der Waals surface area contributed by atoms with Crippen LogP contribution in [0, 0.1) is 6.92 Å². The Morgan fingerprint density at radius 1 is 0.818 bits per heavy atom. The maximum Gasteiger partial charge on any atom is 0.162 e. The first-order valence-electron chi connectivity index (χ1n) is 11.1. The van der Waals surface area contributed by atoms with Gasteiger partial charge in [0.1, 0.15) is 6.61 Å². The Labute approximate surface area is 205 Å². The van der Waals surface area contributed by atoms with Gasteiger partial charge in [0.2, 0.25) is 0 Å². The monoisotopic (exact) mass is 513 g/mol. The molecule has 0 atom stereocenters. The molecule has 0 amide bonds. The third-order valence-corrected chi connectivity index (χ3v) is 5.98. The van der Waals surface area contributed by atoms with Crippen molar-refractivity contribution in [1.82, 2.24) is 5.32 Å². The minimum atomic E-state index is 0.497. The first-order valence-corrected chi connectivity index (χ1v) is 11.9. The van der Waals surface area contributed by atoms with Gasteiger partial charge in [0, 0.05) is 11.0 Å². The number of nitrogens with one attached hydrogen (secondary N) is 1. The summed E-state index contributed by atoms with van der Waals surface area (Å²) in [5, 5.41) is 3.51. The Bertz CT molecular complexity index is 1050.